The van der Waals surface area contributed by atoms with Gasteiger partial charge in [0.2, 0.25) is 0 Å². The summed E-state index contributed by atoms with van der Waals surface area (Å²) in [7, 11) is 1.37. The normalized spacial score (nSPS) is 19.8. The van der Waals surface area contributed by atoms with Gasteiger partial charge in [0.25, 0.3) is 5.70 Å². The van der Waals surface area contributed by atoms with Gasteiger partial charge in [-0.15, -0.1) is 0 Å². The standard InChI is InChI=1S/C24H23ClFN3O4/c1-24(2)11-17-21(18(30)12-24)20(14-5-4-8-27-23(14)25)22(29(31)32)16(28-17)10-13-6-7-19(33-3)15(26)9-13/h4-9,20,28H,10-12H2,1-3H3. The van der Waals surface area contributed by atoms with E-state index in [4.69, 9.17) is 16.3 Å². The zero-order valence-electron chi connectivity index (χ0n) is 18.4. The number of halogens is 2. The fourth-order valence-electron chi connectivity index (χ4n) is 4.63. The van der Waals surface area contributed by atoms with Crippen LogP contribution in [0.4, 0.5) is 4.39 Å². The number of carbonyl (C=O) groups is 1. The monoisotopic (exact) mass is 471 g/mol. The zero-order chi connectivity index (χ0) is 23.9. The van der Waals surface area contributed by atoms with Crippen LogP contribution in [0.1, 0.15) is 43.7 Å². The molecule has 1 aliphatic heterocycles. The third-order valence-electron chi connectivity index (χ3n) is 5.99. The molecular weight excluding hydrogens is 449 g/mol. The van der Waals surface area contributed by atoms with E-state index in [1.54, 1.807) is 18.2 Å². The number of carbonyl (C=O) groups excluding carboxylic acids is 1. The molecule has 1 aliphatic carbocycles. The zero-order valence-corrected chi connectivity index (χ0v) is 19.2. The maximum atomic E-state index is 14.3. The molecule has 0 spiro atoms. The summed E-state index contributed by atoms with van der Waals surface area (Å²) in [5, 5.41) is 15.6. The highest BCUT2D eigenvalue weighted by Gasteiger charge is 2.46. The smallest absolute Gasteiger partial charge is 0.277 e. The number of benzene rings is 1. The second-order valence-electron chi connectivity index (χ2n) is 9.04. The molecule has 4 rings (SSSR count). The summed E-state index contributed by atoms with van der Waals surface area (Å²) in [5.74, 6) is -1.61. The Kier molecular flexibility index (Phi) is 5.97. The lowest BCUT2D eigenvalue weighted by Gasteiger charge is -2.38. The van der Waals surface area contributed by atoms with Crippen LogP contribution in [-0.2, 0) is 11.2 Å². The van der Waals surface area contributed by atoms with Crippen LogP contribution in [0.3, 0.4) is 0 Å². The summed E-state index contributed by atoms with van der Waals surface area (Å²) in [5.41, 5.74) is 1.70. The van der Waals surface area contributed by atoms with Crippen molar-refractivity contribution in [3.63, 3.8) is 0 Å². The van der Waals surface area contributed by atoms with Gasteiger partial charge >= 0.3 is 0 Å². The van der Waals surface area contributed by atoms with Gasteiger partial charge in [-0.1, -0.05) is 37.6 Å². The minimum atomic E-state index is -0.973. The van der Waals surface area contributed by atoms with Crippen LogP contribution >= 0.6 is 11.6 Å². The van der Waals surface area contributed by atoms with E-state index in [0.717, 1.165) is 0 Å². The third-order valence-corrected chi connectivity index (χ3v) is 6.30. The fourth-order valence-corrected chi connectivity index (χ4v) is 4.86. The topological polar surface area (TPSA) is 94.4 Å². The van der Waals surface area contributed by atoms with E-state index in [1.807, 2.05) is 13.8 Å². The van der Waals surface area contributed by atoms with Crippen molar-refractivity contribution in [1.29, 1.82) is 0 Å². The summed E-state index contributed by atoms with van der Waals surface area (Å²) < 4.78 is 19.3. The van der Waals surface area contributed by atoms with E-state index in [0.29, 0.717) is 34.5 Å². The summed E-state index contributed by atoms with van der Waals surface area (Å²) >= 11 is 6.35. The molecule has 0 saturated carbocycles. The quantitative estimate of drug-likeness (QED) is 0.377. The first-order valence-corrected chi connectivity index (χ1v) is 10.8. The molecule has 0 bridgehead atoms. The summed E-state index contributed by atoms with van der Waals surface area (Å²) in [6.45, 7) is 3.96. The number of nitrogens with zero attached hydrogens (tertiary/aromatic N) is 2. The van der Waals surface area contributed by atoms with Gasteiger partial charge in [-0.05, 0) is 35.6 Å². The number of ether oxygens (including phenoxy) is 1. The summed E-state index contributed by atoms with van der Waals surface area (Å²) in [6, 6.07) is 7.71. The van der Waals surface area contributed by atoms with E-state index in [9.17, 15) is 19.3 Å². The maximum Gasteiger partial charge on any atom is 0.277 e. The number of nitro groups is 1. The molecule has 33 heavy (non-hydrogen) atoms. The minimum Gasteiger partial charge on any atom is -0.494 e. The van der Waals surface area contributed by atoms with Crippen LogP contribution in [0.25, 0.3) is 0 Å². The minimum absolute atomic E-state index is 0.0665. The van der Waals surface area contributed by atoms with Gasteiger partial charge in [0.1, 0.15) is 11.1 Å². The highest BCUT2D eigenvalue weighted by Crippen LogP contribution is 2.48. The van der Waals surface area contributed by atoms with Crippen LogP contribution in [0.15, 0.2) is 59.2 Å². The molecule has 1 aromatic carbocycles. The highest BCUT2D eigenvalue weighted by atomic mass is 35.5. The number of pyridine rings is 1. The lowest BCUT2D eigenvalue weighted by Crippen LogP contribution is -2.39. The number of allylic oxidation sites excluding steroid dienone is 3. The largest absolute Gasteiger partial charge is 0.494 e. The Morgan fingerprint density at radius 3 is 2.73 bits per heavy atom. The molecular formula is C24H23ClFN3O4. The predicted molar refractivity (Wildman–Crippen MR) is 121 cm³/mol. The summed E-state index contributed by atoms with van der Waals surface area (Å²) in [6.07, 6.45) is 2.36. The Morgan fingerprint density at radius 2 is 2.09 bits per heavy atom. The van der Waals surface area contributed by atoms with Crippen molar-refractivity contribution in [2.45, 2.75) is 39.0 Å². The number of aromatic nitrogens is 1. The second-order valence-corrected chi connectivity index (χ2v) is 9.40. The van der Waals surface area contributed by atoms with Crippen molar-refractivity contribution in [3.05, 3.63) is 91.4 Å². The van der Waals surface area contributed by atoms with Crippen LogP contribution < -0.4 is 10.1 Å². The Hall–Kier alpha value is -3.26. The lowest BCUT2D eigenvalue weighted by atomic mass is 9.69. The number of methoxy groups -OCH3 is 1. The molecule has 172 valence electrons. The maximum absolute atomic E-state index is 14.3. The van der Waals surface area contributed by atoms with Crippen molar-refractivity contribution in [2.24, 2.45) is 5.41 Å². The van der Waals surface area contributed by atoms with Gasteiger partial charge in [-0.2, -0.15) is 0 Å². The van der Waals surface area contributed by atoms with Gasteiger partial charge in [0.15, 0.2) is 17.3 Å². The summed E-state index contributed by atoms with van der Waals surface area (Å²) in [4.78, 5) is 29.1. The van der Waals surface area contributed by atoms with Crippen molar-refractivity contribution in [2.75, 3.05) is 7.11 Å². The number of Topliss-reactive ketones (excluding diaryl/α,β-unsaturated/α-hetero) is 1. The molecule has 7 nitrogen and oxygen atoms in total. The molecule has 2 aliphatic rings. The first-order chi connectivity index (χ1) is 15.6. The van der Waals surface area contributed by atoms with Crippen LogP contribution in [0.2, 0.25) is 5.15 Å². The Labute approximate surface area is 195 Å². The number of ketones is 1. The van der Waals surface area contributed by atoms with E-state index in [-0.39, 0.29) is 40.6 Å². The first-order valence-electron chi connectivity index (χ1n) is 10.4. The average Bonchev–Trinajstić information content (AvgIpc) is 2.72. The number of nitrogens with one attached hydrogen (secondary N) is 1. The number of hydrogen-bond donors (Lipinski definition) is 1. The van der Waals surface area contributed by atoms with E-state index in [1.165, 1.54) is 25.4 Å². The van der Waals surface area contributed by atoms with Crippen LogP contribution in [-0.4, -0.2) is 22.8 Å². The number of rotatable bonds is 5. The molecule has 2 heterocycles. The number of hydrogen-bond acceptors (Lipinski definition) is 6. The Balaban J connectivity index is 1.89. The average molecular weight is 472 g/mol. The highest BCUT2D eigenvalue weighted by molar-refractivity contribution is 6.30. The van der Waals surface area contributed by atoms with Crippen molar-refractivity contribution >= 4 is 17.4 Å². The van der Waals surface area contributed by atoms with Gasteiger partial charge in [-0.25, -0.2) is 9.37 Å². The molecule has 0 radical (unpaired) electrons. The second kappa shape index (κ2) is 8.59. The number of dihydropyridines is 1. The molecule has 0 saturated heterocycles. The lowest BCUT2D eigenvalue weighted by molar-refractivity contribution is -0.431. The van der Waals surface area contributed by atoms with Gasteiger partial charge in [0.05, 0.1) is 17.7 Å². The molecule has 0 amide bonds. The fraction of sp³-hybridized carbons (Fsp3) is 0.333. The van der Waals surface area contributed by atoms with Crippen molar-refractivity contribution in [1.82, 2.24) is 10.3 Å². The third kappa shape index (κ3) is 4.35. The predicted octanol–water partition coefficient (Wildman–Crippen LogP) is 4.94. The van der Waals surface area contributed by atoms with Crippen molar-refractivity contribution in [3.8, 4) is 5.75 Å². The molecule has 2 aromatic rings. The van der Waals surface area contributed by atoms with Crippen molar-refractivity contribution < 1.29 is 18.8 Å². The van der Waals surface area contributed by atoms with Gasteiger partial charge in [0, 0.05) is 35.9 Å². The molecule has 1 N–H and O–H groups in total. The van der Waals surface area contributed by atoms with E-state index < -0.39 is 16.7 Å². The van der Waals surface area contributed by atoms with E-state index >= 15 is 0 Å². The van der Waals surface area contributed by atoms with Crippen LogP contribution in [0.5, 0.6) is 5.75 Å². The van der Waals surface area contributed by atoms with Crippen LogP contribution in [0, 0.1) is 21.3 Å². The molecule has 1 atom stereocenters. The first kappa shape index (κ1) is 22.9. The Bertz CT molecular complexity index is 1220. The Morgan fingerprint density at radius 1 is 1.33 bits per heavy atom. The van der Waals surface area contributed by atoms with Gasteiger partial charge < -0.3 is 10.1 Å². The van der Waals surface area contributed by atoms with E-state index in [2.05, 4.69) is 10.3 Å². The molecule has 0 fully saturated rings. The molecule has 9 heteroatoms. The van der Waals surface area contributed by atoms with Gasteiger partial charge in [-0.3, -0.25) is 14.9 Å². The molecule has 1 unspecified atom stereocenters. The molecule has 1 aromatic heterocycles. The SMILES string of the molecule is COc1ccc(CC2=C([N+](=O)[O-])C(c3cccnc3Cl)C3=C(CC(C)(C)CC3=O)N2)cc1F.